The van der Waals surface area contributed by atoms with E-state index in [2.05, 4.69) is 17.0 Å². The SMILES string of the molecule is CN(Cc1ccc(N2CCCCC2)cc1)C(=O)c1cc2c(cc1[N+](=O)[O-])OCCO2. The molecule has 30 heavy (non-hydrogen) atoms. The van der Waals surface area contributed by atoms with Gasteiger partial charge < -0.3 is 19.3 Å². The lowest BCUT2D eigenvalue weighted by Gasteiger charge is -2.29. The Kier molecular flexibility index (Phi) is 5.74. The quantitative estimate of drug-likeness (QED) is 0.552. The van der Waals surface area contributed by atoms with E-state index in [1.165, 1.54) is 42.0 Å². The fourth-order valence-electron chi connectivity index (χ4n) is 3.92. The van der Waals surface area contributed by atoms with Crippen LogP contribution in [0, 0.1) is 10.1 Å². The second-order valence-electron chi connectivity index (χ2n) is 7.65. The smallest absolute Gasteiger partial charge is 0.286 e. The fraction of sp³-hybridized carbons (Fsp3) is 0.409. The van der Waals surface area contributed by atoms with Gasteiger partial charge in [0.2, 0.25) is 0 Å². The Balaban J connectivity index is 1.50. The average molecular weight is 411 g/mol. The molecule has 2 aromatic rings. The number of ether oxygens (including phenoxy) is 2. The first-order valence-corrected chi connectivity index (χ1v) is 10.2. The lowest BCUT2D eigenvalue weighted by atomic mass is 10.1. The highest BCUT2D eigenvalue weighted by Crippen LogP contribution is 2.37. The molecule has 8 nitrogen and oxygen atoms in total. The van der Waals surface area contributed by atoms with Gasteiger partial charge in [0, 0.05) is 38.4 Å². The molecule has 2 aromatic carbocycles. The van der Waals surface area contributed by atoms with Crippen molar-refractivity contribution in [3.05, 3.63) is 57.6 Å². The maximum atomic E-state index is 13.0. The number of anilines is 1. The van der Waals surface area contributed by atoms with Crippen LogP contribution in [0.1, 0.15) is 35.2 Å². The van der Waals surface area contributed by atoms with Gasteiger partial charge in [-0.25, -0.2) is 0 Å². The van der Waals surface area contributed by atoms with E-state index < -0.39 is 10.8 Å². The van der Waals surface area contributed by atoms with Crippen LogP contribution in [0.3, 0.4) is 0 Å². The summed E-state index contributed by atoms with van der Waals surface area (Å²) in [4.78, 5) is 27.8. The van der Waals surface area contributed by atoms with E-state index in [-0.39, 0.29) is 11.3 Å². The van der Waals surface area contributed by atoms with E-state index in [9.17, 15) is 14.9 Å². The molecule has 0 unspecified atom stereocenters. The zero-order valence-corrected chi connectivity index (χ0v) is 17.0. The number of fused-ring (bicyclic) bond motifs is 1. The number of rotatable bonds is 5. The molecule has 0 aromatic heterocycles. The summed E-state index contributed by atoms with van der Waals surface area (Å²) in [5.74, 6) is 0.216. The Labute approximate surface area is 175 Å². The van der Waals surface area contributed by atoms with Crippen molar-refractivity contribution in [1.82, 2.24) is 4.90 Å². The first-order chi connectivity index (χ1) is 14.5. The van der Waals surface area contributed by atoms with Gasteiger partial charge in [-0.1, -0.05) is 12.1 Å². The topological polar surface area (TPSA) is 85.2 Å². The molecular formula is C22H25N3O5. The monoisotopic (exact) mass is 411 g/mol. The van der Waals surface area contributed by atoms with Gasteiger partial charge in [-0.05, 0) is 37.0 Å². The number of nitro groups is 1. The van der Waals surface area contributed by atoms with Crippen molar-refractivity contribution in [1.29, 1.82) is 0 Å². The van der Waals surface area contributed by atoms with Crippen LogP contribution in [0.15, 0.2) is 36.4 Å². The van der Waals surface area contributed by atoms with E-state index in [0.717, 1.165) is 18.7 Å². The van der Waals surface area contributed by atoms with E-state index in [0.29, 0.717) is 31.3 Å². The number of hydrogen-bond donors (Lipinski definition) is 0. The number of nitrogens with zero attached hydrogens (tertiary/aromatic N) is 3. The summed E-state index contributed by atoms with van der Waals surface area (Å²) in [5.41, 5.74) is 1.87. The molecule has 0 N–H and O–H groups in total. The summed E-state index contributed by atoms with van der Waals surface area (Å²) in [6, 6.07) is 10.8. The second kappa shape index (κ2) is 8.61. The van der Waals surface area contributed by atoms with Crippen molar-refractivity contribution in [3.63, 3.8) is 0 Å². The average Bonchev–Trinajstić information content (AvgIpc) is 2.78. The second-order valence-corrected chi connectivity index (χ2v) is 7.65. The highest BCUT2D eigenvalue weighted by molar-refractivity contribution is 5.99. The molecule has 0 spiro atoms. The molecule has 4 rings (SSSR count). The van der Waals surface area contributed by atoms with Gasteiger partial charge in [0.1, 0.15) is 18.8 Å². The van der Waals surface area contributed by atoms with Gasteiger partial charge in [0.15, 0.2) is 11.5 Å². The highest BCUT2D eigenvalue weighted by atomic mass is 16.6. The van der Waals surface area contributed by atoms with Crippen LogP contribution in [0.4, 0.5) is 11.4 Å². The van der Waals surface area contributed by atoms with Gasteiger partial charge in [0.25, 0.3) is 11.6 Å². The predicted octanol–water partition coefficient (Wildman–Crippen LogP) is 3.63. The third kappa shape index (κ3) is 4.17. The number of piperidine rings is 1. The zero-order valence-electron chi connectivity index (χ0n) is 17.0. The first kappa shape index (κ1) is 20.0. The summed E-state index contributed by atoms with van der Waals surface area (Å²) in [6.07, 6.45) is 3.72. The molecule has 158 valence electrons. The van der Waals surface area contributed by atoms with Crippen molar-refractivity contribution in [2.24, 2.45) is 0 Å². The minimum absolute atomic E-state index is 0.00307. The van der Waals surface area contributed by atoms with Crippen LogP contribution in [-0.2, 0) is 6.54 Å². The molecule has 1 amide bonds. The fourth-order valence-corrected chi connectivity index (χ4v) is 3.92. The molecule has 1 saturated heterocycles. The predicted molar refractivity (Wildman–Crippen MR) is 112 cm³/mol. The first-order valence-electron chi connectivity index (χ1n) is 10.2. The highest BCUT2D eigenvalue weighted by Gasteiger charge is 2.28. The van der Waals surface area contributed by atoms with Gasteiger partial charge in [-0.3, -0.25) is 14.9 Å². The van der Waals surface area contributed by atoms with Crippen molar-refractivity contribution in [3.8, 4) is 11.5 Å². The summed E-state index contributed by atoms with van der Waals surface area (Å²) in [5, 5.41) is 11.5. The van der Waals surface area contributed by atoms with Crippen molar-refractivity contribution >= 4 is 17.3 Å². The van der Waals surface area contributed by atoms with Crippen LogP contribution in [-0.4, -0.2) is 49.1 Å². The van der Waals surface area contributed by atoms with Crippen LogP contribution >= 0.6 is 0 Å². The number of benzene rings is 2. The maximum absolute atomic E-state index is 13.0. The van der Waals surface area contributed by atoms with E-state index in [1.54, 1.807) is 7.05 Å². The van der Waals surface area contributed by atoms with Crippen molar-refractivity contribution < 1.29 is 19.2 Å². The Hall–Kier alpha value is -3.29. The Morgan fingerprint density at radius 3 is 2.33 bits per heavy atom. The largest absolute Gasteiger partial charge is 0.486 e. The van der Waals surface area contributed by atoms with Crippen LogP contribution in [0.5, 0.6) is 11.5 Å². The Morgan fingerprint density at radius 1 is 1.07 bits per heavy atom. The molecule has 2 heterocycles. The lowest BCUT2D eigenvalue weighted by molar-refractivity contribution is -0.385. The maximum Gasteiger partial charge on any atom is 0.286 e. The molecule has 0 aliphatic carbocycles. The van der Waals surface area contributed by atoms with Gasteiger partial charge in [-0.2, -0.15) is 0 Å². The molecular weight excluding hydrogens is 386 g/mol. The van der Waals surface area contributed by atoms with Crippen molar-refractivity contribution in [2.45, 2.75) is 25.8 Å². The summed E-state index contributed by atoms with van der Waals surface area (Å²) < 4.78 is 10.9. The minimum Gasteiger partial charge on any atom is -0.486 e. The van der Waals surface area contributed by atoms with E-state index in [4.69, 9.17) is 9.47 Å². The van der Waals surface area contributed by atoms with Crippen LogP contribution in [0.2, 0.25) is 0 Å². The van der Waals surface area contributed by atoms with E-state index in [1.807, 2.05) is 12.1 Å². The normalized spacial score (nSPS) is 15.6. The van der Waals surface area contributed by atoms with E-state index >= 15 is 0 Å². The standard InChI is InChI=1S/C22H25N3O5/c1-23(15-16-5-7-17(8-6-16)24-9-3-2-4-10-24)22(26)18-13-20-21(30-12-11-29-20)14-19(18)25(27)28/h5-8,13-14H,2-4,9-12,15H2,1H3. The molecule has 2 aliphatic rings. The number of carbonyl (C=O) groups is 1. The molecule has 0 bridgehead atoms. The number of carbonyl (C=O) groups excluding carboxylic acids is 1. The third-order valence-electron chi connectivity index (χ3n) is 5.51. The zero-order chi connectivity index (χ0) is 21.1. The molecule has 0 atom stereocenters. The van der Waals surface area contributed by atoms with Gasteiger partial charge >= 0.3 is 0 Å². The summed E-state index contributed by atoms with van der Waals surface area (Å²) in [6.45, 7) is 3.17. The van der Waals surface area contributed by atoms with Gasteiger partial charge in [-0.15, -0.1) is 0 Å². The molecule has 0 radical (unpaired) electrons. The lowest BCUT2D eigenvalue weighted by Crippen LogP contribution is -2.29. The number of nitro benzene ring substituents is 1. The molecule has 2 aliphatic heterocycles. The minimum atomic E-state index is -0.563. The Morgan fingerprint density at radius 2 is 1.70 bits per heavy atom. The Bertz CT molecular complexity index is 939. The van der Waals surface area contributed by atoms with Crippen LogP contribution < -0.4 is 14.4 Å². The molecule has 0 saturated carbocycles. The summed E-state index contributed by atoms with van der Waals surface area (Å²) >= 11 is 0. The van der Waals surface area contributed by atoms with Crippen molar-refractivity contribution in [2.75, 3.05) is 38.3 Å². The van der Waals surface area contributed by atoms with Gasteiger partial charge in [0.05, 0.1) is 11.0 Å². The summed E-state index contributed by atoms with van der Waals surface area (Å²) in [7, 11) is 1.64. The molecule has 8 heteroatoms. The number of amides is 1. The molecule has 1 fully saturated rings. The number of hydrogen-bond acceptors (Lipinski definition) is 6. The van der Waals surface area contributed by atoms with Crippen LogP contribution in [0.25, 0.3) is 0 Å². The third-order valence-corrected chi connectivity index (χ3v) is 5.51.